The van der Waals surface area contributed by atoms with Crippen molar-refractivity contribution in [2.75, 3.05) is 6.61 Å². The van der Waals surface area contributed by atoms with Crippen LogP contribution in [0.15, 0.2) is 54.6 Å². The first-order chi connectivity index (χ1) is 10.7. The molecule has 2 aromatic carbocycles. The molecule has 4 nitrogen and oxygen atoms in total. The van der Waals surface area contributed by atoms with Gasteiger partial charge >= 0.3 is 5.97 Å². The first-order valence-corrected chi connectivity index (χ1v) is 7.40. The number of aliphatic carboxylic acids is 1. The van der Waals surface area contributed by atoms with Crippen molar-refractivity contribution in [3.8, 4) is 5.75 Å². The fourth-order valence-electron chi connectivity index (χ4n) is 2.24. The van der Waals surface area contributed by atoms with Crippen LogP contribution in [0.1, 0.15) is 17.5 Å². The highest BCUT2D eigenvalue weighted by molar-refractivity contribution is 5.73. The van der Waals surface area contributed by atoms with E-state index in [1.54, 1.807) is 0 Å². The molecule has 0 amide bonds. The van der Waals surface area contributed by atoms with Crippen LogP contribution in [0.3, 0.4) is 0 Å². The normalized spacial score (nSPS) is 11.9. The second-order valence-corrected chi connectivity index (χ2v) is 5.19. The Morgan fingerprint density at radius 3 is 2.50 bits per heavy atom. The summed E-state index contributed by atoms with van der Waals surface area (Å²) in [5.74, 6) is -0.286. The van der Waals surface area contributed by atoms with Gasteiger partial charge in [-0.05, 0) is 30.0 Å². The molecular formula is C18H21NO3. The Hall–Kier alpha value is -2.33. The lowest BCUT2D eigenvalue weighted by atomic mass is 10.1. The van der Waals surface area contributed by atoms with Crippen molar-refractivity contribution in [3.05, 3.63) is 65.7 Å². The summed E-state index contributed by atoms with van der Waals surface area (Å²) in [5, 5.41) is 8.91. The van der Waals surface area contributed by atoms with E-state index < -0.39 is 12.0 Å². The van der Waals surface area contributed by atoms with E-state index in [1.165, 1.54) is 5.56 Å². The lowest BCUT2D eigenvalue weighted by Gasteiger charge is -2.13. The number of benzene rings is 2. The van der Waals surface area contributed by atoms with Gasteiger partial charge in [0.1, 0.15) is 11.8 Å². The molecule has 1 atom stereocenters. The smallest absolute Gasteiger partial charge is 0.320 e. The molecule has 0 aliphatic carbocycles. The Bertz CT molecular complexity index is 598. The molecule has 0 aromatic heterocycles. The molecule has 0 radical (unpaired) electrons. The maximum absolute atomic E-state index is 10.9. The van der Waals surface area contributed by atoms with E-state index in [2.05, 4.69) is 12.1 Å². The molecule has 4 heteroatoms. The van der Waals surface area contributed by atoms with Gasteiger partial charge < -0.3 is 15.6 Å². The first kappa shape index (κ1) is 16.0. The Balaban J connectivity index is 1.86. The topological polar surface area (TPSA) is 72.5 Å². The molecule has 2 rings (SSSR count). The maximum atomic E-state index is 10.9. The van der Waals surface area contributed by atoms with Gasteiger partial charge in [0.25, 0.3) is 0 Å². The zero-order valence-corrected chi connectivity index (χ0v) is 12.4. The lowest BCUT2D eigenvalue weighted by molar-refractivity contribution is -0.138. The highest BCUT2D eigenvalue weighted by atomic mass is 16.5. The molecule has 0 saturated heterocycles. The van der Waals surface area contributed by atoms with E-state index in [0.717, 1.165) is 18.4 Å². The van der Waals surface area contributed by atoms with E-state index in [0.29, 0.717) is 12.4 Å². The SMILES string of the molecule is NC(Cc1ccccc1OCCCc1ccccc1)C(=O)O. The maximum Gasteiger partial charge on any atom is 0.320 e. The summed E-state index contributed by atoms with van der Waals surface area (Å²) < 4.78 is 5.79. The van der Waals surface area contributed by atoms with Crippen LogP contribution in [0.5, 0.6) is 5.75 Å². The summed E-state index contributed by atoms with van der Waals surface area (Å²) in [6.07, 6.45) is 2.13. The van der Waals surface area contributed by atoms with Crippen molar-refractivity contribution in [1.29, 1.82) is 0 Å². The number of carbonyl (C=O) groups is 1. The third-order valence-corrected chi connectivity index (χ3v) is 3.44. The number of nitrogens with two attached hydrogens (primary N) is 1. The molecule has 0 aliphatic heterocycles. The van der Waals surface area contributed by atoms with Crippen LogP contribution in [0, 0.1) is 0 Å². The van der Waals surface area contributed by atoms with E-state index in [4.69, 9.17) is 15.6 Å². The van der Waals surface area contributed by atoms with Crippen molar-refractivity contribution >= 4 is 5.97 Å². The first-order valence-electron chi connectivity index (χ1n) is 7.40. The van der Waals surface area contributed by atoms with Gasteiger partial charge in [0.2, 0.25) is 0 Å². The Kier molecular flexibility index (Phi) is 5.98. The quantitative estimate of drug-likeness (QED) is 0.735. The third kappa shape index (κ3) is 4.90. The molecule has 0 aliphatic rings. The molecule has 0 saturated carbocycles. The summed E-state index contributed by atoms with van der Waals surface area (Å²) in [6.45, 7) is 0.591. The lowest BCUT2D eigenvalue weighted by Crippen LogP contribution is -2.32. The van der Waals surface area contributed by atoms with Gasteiger partial charge in [-0.2, -0.15) is 0 Å². The Morgan fingerprint density at radius 1 is 1.09 bits per heavy atom. The minimum Gasteiger partial charge on any atom is -0.493 e. The van der Waals surface area contributed by atoms with Crippen LogP contribution >= 0.6 is 0 Å². The Labute approximate surface area is 130 Å². The van der Waals surface area contributed by atoms with Gasteiger partial charge in [0.05, 0.1) is 6.61 Å². The largest absolute Gasteiger partial charge is 0.493 e. The van der Waals surface area contributed by atoms with E-state index >= 15 is 0 Å². The van der Waals surface area contributed by atoms with Gasteiger partial charge in [0.15, 0.2) is 0 Å². The minimum atomic E-state index is -1.00. The van der Waals surface area contributed by atoms with Crippen LogP contribution in [0.4, 0.5) is 0 Å². The third-order valence-electron chi connectivity index (χ3n) is 3.44. The van der Waals surface area contributed by atoms with Gasteiger partial charge in [-0.3, -0.25) is 4.79 Å². The number of carboxylic acid groups (broad SMARTS) is 1. The number of rotatable bonds is 8. The molecule has 3 N–H and O–H groups in total. The summed E-state index contributed by atoms with van der Waals surface area (Å²) in [5.41, 5.74) is 7.71. The fraction of sp³-hybridized carbons (Fsp3) is 0.278. The van der Waals surface area contributed by atoms with E-state index in [-0.39, 0.29) is 6.42 Å². The van der Waals surface area contributed by atoms with Crippen molar-refractivity contribution in [2.45, 2.75) is 25.3 Å². The monoisotopic (exact) mass is 299 g/mol. The predicted octanol–water partition coefficient (Wildman–Crippen LogP) is 2.65. The van der Waals surface area contributed by atoms with Gasteiger partial charge in [-0.25, -0.2) is 0 Å². The molecule has 1 unspecified atom stereocenters. The summed E-state index contributed by atoms with van der Waals surface area (Å²) in [4.78, 5) is 10.9. The van der Waals surface area contributed by atoms with Gasteiger partial charge in [-0.15, -0.1) is 0 Å². The van der Waals surface area contributed by atoms with Crippen molar-refractivity contribution in [1.82, 2.24) is 0 Å². The fourth-order valence-corrected chi connectivity index (χ4v) is 2.24. The highest BCUT2D eigenvalue weighted by Gasteiger charge is 2.14. The number of aryl methyl sites for hydroxylation is 1. The van der Waals surface area contributed by atoms with Crippen molar-refractivity contribution in [2.24, 2.45) is 5.73 Å². The van der Waals surface area contributed by atoms with Crippen LogP contribution in [-0.2, 0) is 17.6 Å². The zero-order valence-electron chi connectivity index (χ0n) is 12.4. The van der Waals surface area contributed by atoms with Gasteiger partial charge in [-0.1, -0.05) is 48.5 Å². The zero-order chi connectivity index (χ0) is 15.8. The number of hydrogen-bond donors (Lipinski definition) is 2. The van der Waals surface area contributed by atoms with Crippen molar-refractivity contribution < 1.29 is 14.6 Å². The highest BCUT2D eigenvalue weighted by Crippen LogP contribution is 2.19. The molecule has 116 valence electrons. The molecule has 0 bridgehead atoms. The molecule has 22 heavy (non-hydrogen) atoms. The molecule has 0 heterocycles. The van der Waals surface area contributed by atoms with Crippen LogP contribution in [-0.4, -0.2) is 23.7 Å². The summed E-state index contributed by atoms with van der Waals surface area (Å²) in [7, 11) is 0. The summed E-state index contributed by atoms with van der Waals surface area (Å²) >= 11 is 0. The summed E-state index contributed by atoms with van der Waals surface area (Å²) in [6, 6.07) is 16.8. The van der Waals surface area contributed by atoms with Gasteiger partial charge in [0, 0.05) is 6.42 Å². The average Bonchev–Trinajstić information content (AvgIpc) is 2.54. The minimum absolute atomic E-state index is 0.268. The number of ether oxygens (including phenoxy) is 1. The van der Waals surface area contributed by atoms with Crippen LogP contribution in [0.2, 0.25) is 0 Å². The van der Waals surface area contributed by atoms with Crippen molar-refractivity contribution in [3.63, 3.8) is 0 Å². The average molecular weight is 299 g/mol. The second kappa shape index (κ2) is 8.20. The predicted molar refractivity (Wildman–Crippen MR) is 86.0 cm³/mol. The van der Waals surface area contributed by atoms with E-state index in [9.17, 15) is 4.79 Å². The molecular weight excluding hydrogens is 278 g/mol. The van der Waals surface area contributed by atoms with E-state index in [1.807, 2.05) is 42.5 Å². The number of carboxylic acids is 1. The van der Waals surface area contributed by atoms with Crippen LogP contribution < -0.4 is 10.5 Å². The second-order valence-electron chi connectivity index (χ2n) is 5.19. The number of hydrogen-bond acceptors (Lipinski definition) is 3. The molecule has 0 spiro atoms. The number of para-hydroxylation sites is 1. The van der Waals surface area contributed by atoms with Crippen LogP contribution in [0.25, 0.3) is 0 Å². The Morgan fingerprint density at radius 2 is 1.77 bits per heavy atom. The molecule has 2 aromatic rings. The molecule has 0 fully saturated rings. The standard InChI is InChI=1S/C18H21NO3/c19-16(18(20)21)13-15-10-4-5-11-17(15)22-12-6-9-14-7-2-1-3-8-14/h1-5,7-8,10-11,16H,6,9,12-13,19H2,(H,20,21).